The molecular weight excluding hydrogens is 340 g/mol. The summed E-state index contributed by atoms with van der Waals surface area (Å²) in [5.41, 5.74) is 5.62. The van der Waals surface area contributed by atoms with E-state index in [-0.39, 0.29) is 0 Å². The third-order valence-electron chi connectivity index (χ3n) is 3.73. The molecule has 4 nitrogen and oxygen atoms in total. The van der Waals surface area contributed by atoms with Crippen molar-refractivity contribution in [1.29, 1.82) is 0 Å². The Hall–Kier alpha value is -2.40. The van der Waals surface area contributed by atoms with Crippen molar-refractivity contribution in [3.05, 3.63) is 65.7 Å². The quantitative estimate of drug-likeness (QED) is 0.542. The zero-order valence-electron chi connectivity index (χ0n) is 11.9. The molecule has 0 atom stereocenters. The van der Waals surface area contributed by atoms with Crippen molar-refractivity contribution in [2.75, 3.05) is 0 Å². The molecule has 0 radical (unpaired) electrons. The lowest BCUT2D eigenvalue weighted by molar-refractivity contribution is 0.768. The predicted octanol–water partition coefficient (Wildman–Crippen LogP) is 4.16. The van der Waals surface area contributed by atoms with Crippen LogP contribution in [0.5, 0.6) is 0 Å². The Morgan fingerprint density at radius 2 is 1.68 bits per heavy atom. The normalized spacial score (nSPS) is 11.2. The van der Waals surface area contributed by atoms with Gasteiger partial charge in [0.25, 0.3) is 0 Å². The van der Waals surface area contributed by atoms with Crippen LogP contribution in [0.2, 0.25) is 0 Å². The van der Waals surface area contributed by atoms with Crippen LogP contribution in [-0.4, -0.2) is 19.4 Å². The minimum absolute atomic E-state index is 1.04. The molecule has 0 fully saturated rings. The van der Waals surface area contributed by atoms with E-state index in [0.29, 0.717) is 0 Å². The van der Waals surface area contributed by atoms with Crippen molar-refractivity contribution in [3.8, 4) is 22.3 Å². The number of aryl methyl sites for hydroxylation is 1. The highest BCUT2D eigenvalue weighted by atomic mass is 79.9. The second-order valence-electron chi connectivity index (χ2n) is 5.19. The molecule has 0 aliphatic rings. The molecule has 5 heteroatoms. The molecule has 4 rings (SSSR count). The maximum absolute atomic E-state index is 4.41. The Morgan fingerprint density at radius 3 is 2.41 bits per heavy atom. The van der Waals surface area contributed by atoms with E-state index in [0.717, 1.165) is 32.2 Å². The van der Waals surface area contributed by atoms with Gasteiger partial charge < -0.3 is 0 Å². The number of benzene rings is 1. The first-order valence-electron chi connectivity index (χ1n) is 6.94. The molecule has 108 valence electrons. The molecule has 0 N–H and O–H groups in total. The molecule has 3 heterocycles. The van der Waals surface area contributed by atoms with E-state index in [1.807, 2.05) is 53.2 Å². The molecule has 0 bridgehead atoms. The number of hydrogen-bond donors (Lipinski definition) is 0. The Balaban J connectivity index is 1.79. The van der Waals surface area contributed by atoms with Crippen LogP contribution in [0.1, 0.15) is 0 Å². The van der Waals surface area contributed by atoms with Gasteiger partial charge in [-0.15, -0.1) is 0 Å². The number of rotatable bonds is 2. The van der Waals surface area contributed by atoms with Gasteiger partial charge in [-0.2, -0.15) is 10.2 Å². The predicted molar refractivity (Wildman–Crippen MR) is 90.5 cm³/mol. The number of nitrogens with zero attached hydrogens (tertiary/aromatic N) is 4. The largest absolute Gasteiger partial charge is 0.275 e. The summed E-state index contributed by atoms with van der Waals surface area (Å²) in [6, 6.07) is 12.5. The van der Waals surface area contributed by atoms with E-state index < -0.39 is 0 Å². The maximum Gasteiger partial charge on any atom is 0.0881 e. The van der Waals surface area contributed by atoms with E-state index in [9.17, 15) is 0 Å². The van der Waals surface area contributed by atoms with Crippen molar-refractivity contribution >= 4 is 21.4 Å². The van der Waals surface area contributed by atoms with Crippen LogP contribution in [0.3, 0.4) is 0 Å². The summed E-state index contributed by atoms with van der Waals surface area (Å²) in [5.74, 6) is 0. The van der Waals surface area contributed by atoms with Crippen LogP contribution in [0.25, 0.3) is 27.8 Å². The zero-order valence-corrected chi connectivity index (χ0v) is 13.5. The smallest absolute Gasteiger partial charge is 0.0881 e. The van der Waals surface area contributed by atoms with Gasteiger partial charge in [0.2, 0.25) is 0 Å². The van der Waals surface area contributed by atoms with Crippen LogP contribution in [-0.2, 0) is 7.05 Å². The molecular formula is C17H13BrN4. The second kappa shape index (κ2) is 5.10. The molecule has 0 spiro atoms. The summed E-state index contributed by atoms with van der Waals surface area (Å²) in [4.78, 5) is 0. The lowest BCUT2D eigenvalue weighted by atomic mass is 10.0. The summed E-state index contributed by atoms with van der Waals surface area (Å²) < 4.78 is 4.74. The summed E-state index contributed by atoms with van der Waals surface area (Å²) in [5, 5.41) is 8.63. The van der Waals surface area contributed by atoms with E-state index in [1.54, 1.807) is 0 Å². The number of aromatic nitrogens is 4. The third-order valence-corrected chi connectivity index (χ3v) is 4.37. The van der Waals surface area contributed by atoms with E-state index in [4.69, 9.17) is 0 Å². The summed E-state index contributed by atoms with van der Waals surface area (Å²) >= 11 is 3.61. The molecule has 0 unspecified atom stereocenters. The van der Waals surface area contributed by atoms with Gasteiger partial charge >= 0.3 is 0 Å². The standard InChI is InChI=1S/C17H13BrN4/c1-21-11-14(9-19-21)12-4-6-13(7-5-12)15-10-20-22-8-2-3-16(18)17(15)22/h2-11H,1H3. The third kappa shape index (κ3) is 2.14. The molecule has 0 aliphatic heterocycles. The Morgan fingerprint density at radius 1 is 0.909 bits per heavy atom. The van der Waals surface area contributed by atoms with Crippen LogP contribution >= 0.6 is 15.9 Å². The zero-order chi connectivity index (χ0) is 15.1. The van der Waals surface area contributed by atoms with E-state index in [2.05, 4.69) is 50.4 Å². The highest BCUT2D eigenvalue weighted by Gasteiger charge is 2.10. The second-order valence-corrected chi connectivity index (χ2v) is 6.04. The number of pyridine rings is 1. The highest BCUT2D eigenvalue weighted by molar-refractivity contribution is 9.10. The van der Waals surface area contributed by atoms with Crippen molar-refractivity contribution < 1.29 is 0 Å². The van der Waals surface area contributed by atoms with Gasteiger partial charge in [0.05, 0.1) is 17.9 Å². The summed E-state index contributed by atoms with van der Waals surface area (Å²) in [7, 11) is 1.92. The fourth-order valence-electron chi connectivity index (χ4n) is 2.63. The van der Waals surface area contributed by atoms with Gasteiger partial charge in [0.1, 0.15) is 0 Å². The minimum atomic E-state index is 1.04. The molecule has 0 saturated heterocycles. The first-order chi connectivity index (χ1) is 10.7. The molecule has 3 aromatic heterocycles. The van der Waals surface area contributed by atoms with Crippen molar-refractivity contribution in [2.24, 2.45) is 7.05 Å². The topological polar surface area (TPSA) is 35.1 Å². The monoisotopic (exact) mass is 352 g/mol. The van der Waals surface area contributed by atoms with Crippen LogP contribution in [0.15, 0.2) is 65.7 Å². The van der Waals surface area contributed by atoms with Gasteiger partial charge in [-0.25, -0.2) is 4.52 Å². The lowest BCUT2D eigenvalue weighted by Crippen LogP contribution is -1.86. The molecule has 4 aromatic rings. The first kappa shape index (κ1) is 13.3. The molecule has 1 aromatic carbocycles. The Bertz CT molecular complexity index is 950. The van der Waals surface area contributed by atoms with Crippen molar-refractivity contribution in [3.63, 3.8) is 0 Å². The van der Waals surface area contributed by atoms with Crippen LogP contribution in [0, 0.1) is 0 Å². The van der Waals surface area contributed by atoms with E-state index in [1.165, 1.54) is 0 Å². The Kier molecular flexibility index (Phi) is 3.08. The SMILES string of the molecule is Cn1cc(-c2ccc(-c3cnn4cccc(Br)c34)cc2)cn1. The summed E-state index contributed by atoms with van der Waals surface area (Å²) in [6.45, 7) is 0. The fourth-order valence-corrected chi connectivity index (χ4v) is 3.17. The van der Waals surface area contributed by atoms with Gasteiger partial charge in [0.15, 0.2) is 0 Å². The fraction of sp³-hybridized carbons (Fsp3) is 0.0588. The lowest BCUT2D eigenvalue weighted by Gasteiger charge is -2.03. The maximum atomic E-state index is 4.41. The van der Waals surface area contributed by atoms with Gasteiger partial charge in [-0.3, -0.25) is 4.68 Å². The minimum Gasteiger partial charge on any atom is -0.275 e. The first-order valence-corrected chi connectivity index (χ1v) is 7.73. The van der Waals surface area contributed by atoms with E-state index >= 15 is 0 Å². The van der Waals surface area contributed by atoms with Crippen molar-refractivity contribution in [1.82, 2.24) is 19.4 Å². The summed E-state index contributed by atoms with van der Waals surface area (Å²) in [6.07, 6.45) is 7.74. The Labute approximate surface area is 136 Å². The molecule has 0 amide bonds. The average molecular weight is 353 g/mol. The van der Waals surface area contributed by atoms with Crippen LogP contribution < -0.4 is 0 Å². The highest BCUT2D eigenvalue weighted by Crippen LogP contribution is 2.31. The molecule has 0 saturated carbocycles. The van der Waals surface area contributed by atoms with Gasteiger partial charge in [-0.05, 0) is 39.2 Å². The molecule has 0 aliphatic carbocycles. The number of fused-ring (bicyclic) bond motifs is 1. The van der Waals surface area contributed by atoms with Crippen molar-refractivity contribution in [2.45, 2.75) is 0 Å². The number of halogens is 1. The number of hydrogen-bond acceptors (Lipinski definition) is 2. The average Bonchev–Trinajstić information content (AvgIpc) is 3.15. The van der Waals surface area contributed by atoms with Gasteiger partial charge in [-0.1, -0.05) is 24.3 Å². The van der Waals surface area contributed by atoms with Crippen LogP contribution in [0.4, 0.5) is 0 Å². The molecule has 22 heavy (non-hydrogen) atoms. The van der Waals surface area contributed by atoms with Gasteiger partial charge in [0, 0.05) is 35.0 Å².